The van der Waals surface area contributed by atoms with Crippen LogP contribution in [0.3, 0.4) is 0 Å². The van der Waals surface area contributed by atoms with Gasteiger partial charge in [-0.3, -0.25) is 4.79 Å². The number of hydrogen-bond acceptors (Lipinski definition) is 4. The van der Waals surface area contributed by atoms with E-state index in [0.717, 1.165) is 37.7 Å². The molecule has 0 fully saturated rings. The van der Waals surface area contributed by atoms with Gasteiger partial charge in [-0.25, -0.2) is 4.98 Å². The summed E-state index contributed by atoms with van der Waals surface area (Å²) in [5.74, 6) is 1.44. The Bertz CT molecular complexity index is 1160. The Labute approximate surface area is 155 Å². The summed E-state index contributed by atoms with van der Waals surface area (Å²) in [7, 11) is 1.66. The van der Waals surface area contributed by atoms with Gasteiger partial charge in [0.25, 0.3) is 5.56 Å². The first-order valence-corrected chi connectivity index (χ1v) is 9.14. The first-order valence-electron chi connectivity index (χ1n) is 8.32. The van der Waals surface area contributed by atoms with Gasteiger partial charge >= 0.3 is 0 Å². The van der Waals surface area contributed by atoms with Crippen LogP contribution in [-0.4, -0.2) is 17.1 Å². The minimum Gasteiger partial charge on any atom is -0.496 e. The van der Waals surface area contributed by atoms with Gasteiger partial charge < -0.3 is 9.72 Å². The molecule has 0 atom stereocenters. The van der Waals surface area contributed by atoms with Crippen molar-refractivity contribution in [2.24, 2.45) is 0 Å². The van der Waals surface area contributed by atoms with Crippen LogP contribution in [0.15, 0.2) is 53.3 Å². The Balaban J connectivity index is 1.94. The van der Waals surface area contributed by atoms with E-state index in [0.29, 0.717) is 11.2 Å². The average molecular weight is 362 g/mol. The van der Waals surface area contributed by atoms with Crippen molar-refractivity contribution < 1.29 is 4.74 Å². The Morgan fingerprint density at radius 3 is 2.50 bits per heavy atom. The first-order chi connectivity index (χ1) is 12.6. The van der Waals surface area contributed by atoms with Gasteiger partial charge in [0.15, 0.2) is 0 Å². The number of thiophene rings is 1. The summed E-state index contributed by atoms with van der Waals surface area (Å²) in [6.07, 6.45) is 0. The molecule has 5 heteroatoms. The summed E-state index contributed by atoms with van der Waals surface area (Å²) in [6.45, 7) is 4.03. The fourth-order valence-corrected chi connectivity index (χ4v) is 4.28. The quantitative estimate of drug-likeness (QED) is 0.561. The maximum Gasteiger partial charge on any atom is 0.260 e. The molecule has 0 spiro atoms. The molecule has 2 aromatic heterocycles. The van der Waals surface area contributed by atoms with Crippen molar-refractivity contribution >= 4 is 21.6 Å². The number of hydrogen-bond donors (Lipinski definition) is 1. The van der Waals surface area contributed by atoms with Gasteiger partial charge in [-0.2, -0.15) is 0 Å². The van der Waals surface area contributed by atoms with Crippen molar-refractivity contribution in [3.05, 3.63) is 69.3 Å². The van der Waals surface area contributed by atoms with Crippen molar-refractivity contribution in [1.29, 1.82) is 0 Å². The van der Waals surface area contributed by atoms with Gasteiger partial charge in [0.05, 0.1) is 12.5 Å². The van der Waals surface area contributed by atoms with Crippen LogP contribution in [0.4, 0.5) is 0 Å². The van der Waals surface area contributed by atoms with E-state index in [1.165, 1.54) is 0 Å². The predicted molar refractivity (Wildman–Crippen MR) is 107 cm³/mol. The van der Waals surface area contributed by atoms with Gasteiger partial charge in [-0.15, -0.1) is 11.3 Å². The number of methoxy groups -OCH3 is 1. The number of H-pyrrole nitrogens is 1. The van der Waals surface area contributed by atoms with Gasteiger partial charge in [-0.05, 0) is 37.1 Å². The Kier molecular flexibility index (Phi) is 4.09. The molecule has 0 aliphatic heterocycles. The van der Waals surface area contributed by atoms with Crippen LogP contribution < -0.4 is 10.3 Å². The van der Waals surface area contributed by atoms with Crippen molar-refractivity contribution in [1.82, 2.24) is 9.97 Å². The van der Waals surface area contributed by atoms with Gasteiger partial charge in [0.1, 0.15) is 16.4 Å². The molecule has 26 heavy (non-hydrogen) atoms. The molecule has 0 amide bonds. The molecule has 4 rings (SSSR count). The Morgan fingerprint density at radius 2 is 1.81 bits per heavy atom. The highest BCUT2D eigenvalue weighted by Gasteiger charge is 2.17. The average Bonchev–Trinajstić information content (AvgIpc) is 2.98. The molecule has 0 saturated heterocycles. The SMILES string of the molecule is COc1ccc(-c2c(C)sc3nc(-c4ccccc4)[nH]c(=O)c23)cc1C. The molecule has 0 aliphatic carbocycles. The molecule has 0 saturated carbocycles. The molecule has 0 bridgehead atoms. The van der Waals surface area contributed by atoms with Crippen molar-refractivity contribution in [2.75, 3.05) is 7.11 Å². The minimum atomic E-state index is -0.110. The summed E-state index contributed by atoms with van der Waals surface area (Å²) in [6, 6.07) is 15.7. The lowest BCUT2D eigenvalue weighted by Gasteiger charge is -2.08. The summed E-state index contributed by atoms with van der Waals surface area (Å²) in [5.41, 5.74) is 3.78. The first kappa shape index (κ1) is 16.5. The van der Waals surface area contributed by atoms with Crippen molar-refractivity contribution in [3.8, 4) is 28.3 Å². The molecular formula is C21H18N2O2S. The molecule has 0 unspecified atom stereocenters. The molecule has 0 radical (unpaired) electrons. The number of rotatable bonds is 3. The third-order valence-electron chi connectivity index (χ3n) is 4.47. The molecule has 1 N–H and O–H groups in total. The monoisotopic (exact) mass is 362 g/mol. The van der Waals surface area contributed by atoms with Crippen LogP contribution in [0.1, 0.15) is 10.4 Å². The van der Waals surface area contributed by atoms with Crippen LogP contribution in [0.5, 0.6) is 5.75 Å². The number of aromatic nitrogens is 2. The lowest BCUT2D eigenvalue weighted by Crippen LogP contribution is -2.09. The predicted octanol–water partition coefficient (Wildman–Crippen LogP) is 4.94. The fourth-order valence-electron chi connectivity index (χ4n) is 3.23. The number of benzene rings is 2. The van der Waals surface area contributed by atoms with E-state index in [1.807, 2.05) is 56.3 Å². The summed E-state index contributed by atoms with van der Waals surface area (Å²) < 4.78 is 5.35. The molecule has 2 heterocycles. The number of fused-ring (bicyclic) bond motifs is 1. The molecular weight excluding hydrogens is 344 g/mol. The highest BCUT2D eigenvalue weighted by Crippen LogP contribution is 2.37. The van der Waals surface area contributed by atoms with Crippen molar-refractivity contribution in [3.63, 3.8) is 0 Å². The summed E-state index contributed by atoms with van der Waals surface area (Å²) in [4.78, 5) is 22.4. The van der Waals surface area contributed by atoms with Crippen molar-refractivity contribution in [2.45, 2.75) is 13.8 Å². The maximum atomic E-state index is 12.9. The molecule has 0 aliphatic rings. The van der Waals surface area contributed by atoms with E-state index in [9.17, 15) is 4.79 Å². The third kappa shape index (κ3) is 2.70. The van der Waals surface area contributed by atoms with E-state index < -0.39 is 0 Å². The molecule has 4 nitrogen and oxygen atoms in total. The lowest BCUT2D eigenvalue weighted by molar-refractivity contribution is 0.412. The zero-order valence-corrected chi connectivity index (χ0v) is 15.6. The zero-order valence-electron chi connectivity index (χ0n) is 14.8. The van der Waals surface area contributed by atoms with E-state index in [-0.39, 0.29) is 5.56 Å². The van der Waals surface area contributed by atoms with E-state index in [1.54, 1.807) is 18.4 Å². The number of ether oxygens (including phenoxy) is 1. The lowest BCUT2D eigenvalue weighted by atomic mass is 10.0. The molecule has 130 valence electrons. The van der Waals surface area contributed by atoms with E-state index in [2.05, 4.69) is 11.1 Å². The fraction of sp³-hybridized carbons (Fsp3) is 0.143. The topological polar surface area (TPSA) is 55.0 Å². The van der Waals surface area contributed by atoms with Crippen LogP contribution >= 0.6 is 11.3 Å². The van der Waals surface area contributed by atoms with E-state index in [4.69, 9.17) is 9.72 Å². The number of nitrogens with zero attached hydrogens (tertiary/aromatic N) is 1. The Hall–Kier alpha value is -2.92. The van der Waals surface area contributed by atoms with Gasteiger partial charge in [0.2, 0.25) is 0 Å². The summed E-state index contributed by atoms with van der Waals surface area (Å²) in [5, 5.41) is 0.650. The summed E-state index contributed by atoms with van der Waals surface area (Å²) >= 11 is 1.55. The second-order valence-corrected chi connectivity index (χ2v) is 7.38. The smallest absolute Gasteiger partial charge is 0.260 e. The van der Waals surface area contributed by atoms with Gasteiger partial charge in [0, 0.05) is 16.0 Å². The van der Waals surface area contributed by atoms with Gasteiger partial charge in [-0.1, -0.05) is 36.4 Å². The number of aromatic amines is 1. The highest BCUT2D eigenvalue weighted by molar-refractivity contribution is 7.19. The Morgan fingerprint density at radius 1 is 1.04 bits per heavy atom. The van der Waals surface area contributed by atoms with Crippen LogP contribution in [0, 0.1) is 13.8 Å². The second-order valence-electron chi connectivity index (χ2n) is 6.18. The van der Waals surface area contributed by atoms with E-state index >= 15 is 0 Å². The molecule has 4 aromatic rings. The standard InChI is InChI=1S/C21H18N2O2S/c1-12-11-15(9-10-16(12)25-3)17-13(2)26-21-18(17)20(24)22-19(23-21)14-7-5-4-6-8-14/h4-11H,1-3H3,(H,22,23,24). The maximum absolute atomic E-state index is 12.9. The van der Waals surface area contributed by atoms with Crippen LogP contribution in [-0.2, 0) is 0 Å². The zero-order chi connectivity index (χ0) is 18.3. The highest BCUT2D eigenvalue weighted by atomic mass is 32.1. The minimum absolute atomic E-state index is 0.110. The molecule has 2 aromatic carbocycles. The normalized spacial score (nSPS) is 11.0. The number of nitrogens with one attached hydrogen (secondary N) is 1. The van der Waals surface area contributed by atoms with Crippen LogP contribution in [0.2, 0.25) is 0 Å². The van der Waals surface area contributed by atoms with Crippen LogP contribution in [0.25, 0.3) is 32.7 Å². The largest absolute Gasteiger partial charge is 0.496 e. The number of aryl methyl sites for hydroxylation is 2. The second kappa shape index (κ2) is 6.42. The third-order valence-corrected chi connectivity index (χ3v) is 5.47.